The summed E-state index contributed by atoms with van der Waals surface area (Å²) in [6.07, 6.45) is 7.48. The van der Waals surface area contributed by atoms with Gasteiger partial charge in [-0.1, -0.05) is 39.0 Å². The van der Waals surface area contributed by atoms with Gasteiger partial charge in [-0.25, -0.2) is 4.79 Å². The Morgan fingerprint density at radius 2 is 1.84 bits per heavy atom. The van der Waals surface area contributed by atoms with Crippen molar-refractivity contribution in [1.82, 2.24) is 5.32 Å². The summed E-state index contributed by atoms with van der Waals surface area (Å²) in [5, 5.41) is 13.9. The molecule has 0 aliphatic rings. The molecule has 1 N–H and O–H groups in total. The first-order valence-electron chi connectivity index (χ1n) is 8.69. The van der Waals surface area contributed by atoms with Crippen LogP contribution in [0.15, 0.2) is 24.3 Å². The maximum Gasteiger partial charge on any atom is 0.338 e. The zero-order chi connectivity index (χ0) is 17.8. The van der Waals surface area contributed by atoms with Crippen LogP contribution in [0.25, 0.3) is 0 Å². The summed E-state index contributed by atoms with van der Waals surface area (Å²) in [5.41, 5.74) is 0.283. The summed E-state index contributed by atoms with van der Waals surface area (Å²) in [7, 11) is 0. The molecule has 6 nitrogen and oxygen atoms in total. The molecule has 25 heavy (non-hydrogen) atoms. The predicted molar refractivity (Wildman–Crippen MR) is 101 cm³/mol. The molecule has 0 saturated carbocycles. The lowest BCUT2D eigenvalue weighted by atomic mass is 10.1. The Kier molecular flexibility index (Phi) is 12.7. The topological polar surface area (TPSA) is 81.5 Å². The molecule has 0 fully saturated rings. The largest absolute Gasteiger partial charge is 0.461 e. The summed E-state index contributed by atoms with van der Waals surface area (Å²) in [4.78, 5) is 21.9. The molecule has 0 heterocycles. The molecule has 1 unspecified atom stereocenters. The quantitative estimate of drug-likeness (QED) is 0.252. The van der Waals surface area contributed by atoms with E-state index in [9.17, 15) is 14.9 Å². The zero-order valence-corrected chi connectivity index (χ0v) is 15.8. The molecule has 1 atom stereocenters. The number of carbonyl (C=O) groups is 1. The third-order valence-electron chi connectivity index (χ3n) is 3.88. The van der Waals surface area contributed by atoms with E-state index < -0.39 is 10.9 Å². The Labute approximate surface area is 155 Å². The number of rotatable bonds is 12. The van der Waals surface area contributed by atoms with Gasteiger partial charge in [-0.05, 0) is 25.5 Å². The van der Waals surface area contributed by atoms with E-state index >= 15 is 0 Å². The smallest absolute Gasteiger partial charge is 0.338 e. The van der Waals surface area contributed by atoms with Crippen molar-refractivity contribution in [3.63, 3.8) is 0 Å². The number of benzene rings is 1. The second kappa shape index (κ2) is 13.6. The Balaban J connectivity index is 0.00000576. The number of hydrogen-bond donors (Lipinski definition) is 1. The van der Waals surface area contributed by atoms with Gasteiger partial charge >= 0.3 is 5.97 Å². The van der Waals surface area contributed by atoms with E-state index in [1.54, 1.807) is 0 Å². The molecule has 1 aromatic carbocycles. The van der Waals surface area contributed by atoms with E-state index in [4.69, 9.17) is 4.74 Å². The van der Waals surface area contributed by atoms with Crippen LogP contribution in [0.5, 0.6) is 0 Å². The summed E-state index contributed by atoms with van der Waals surface area (Å²) < 4.78 is 5.17. The maximum atomic E-state index is 11.8. The number of carbonyl (C=O) groups excluding carboxylic acids is 1. The fourth-order valence-corrected chi connectivity index (χ4v) is 2.41. The highest BCUT2D eigenvalue weighted by Crippen LogP contribution is 2.12. The van der Waals surface area contributed by atoms with Gasteiger partial charge in [-0.2, -0.15) is 0 Å². The monoisotopic (exact) mass is 372 g/mol. The van der Waals surface area contributed by atoms with Crippen LogP contribution in [0.4, 0.5) is 5.69 Å². The number of unbranched alkanes of at least 4 members (excludes halogenated alkanes) is 4. The van der Waals surface area contributed by atoms with Gasteiger partial charge in [-0.3, -0.25) is 10.1 Å². The second-order valence-electron chi connectivity index (χ2n) is 6.00. The number of non-ortho nitro benzene ring substituents is 1. The van der Waals surface area contributed by atoms with Crippen LogP contribution in [0.3, 0.4) is 0 Å². The first-order valence-corrected chi connectivity index (χ1v) is 8.69. The Hall–Kier alpha value is -1.66. The van der Waals surface area contributed by atoms with E-state index in [1.807, 2.05) is 0 Å². The van der Waals surface area contributed by atoms with E-state index in [-0.39, 0.29) is 24.7 Å². The molecular formula is C18H29ClN2O4. The number of ether oxygens (including phenoxy) is 1. The predicted octanol–water partition coefficient (Wildman–Crippen LogP) is 4.51. The Bertz CT molecular complexity index is 508. The first kappa shape index (κ1) is 23.3. The van der Waals surface area contributed by atoms with Crippen molar-refractivity contribution in [3.8, 4) is 0 Å². The SMILES string of the molecule is CCCCCCCC(C)NCCOC(=O)c1ccc([N+](=O)[O-])cc1.Cl. The number of halogens is 1. The van der Waals surface area contributed by atoms with Gasteiger partial charge in [0.15, 0.2) is 0 Å². The fraction of sp³-hybridized carbons (Fsp3) is 0.611. The van der Waals surface area contributed by atoms with Crippen molar-refractivity contribution in [2.45, 2.75) is 58.4 Å². The summed E-state index contributed by atoms with van der Waals surface area (Å²) >= 11 is 0. The molecule has 0 aromatic heterocycles. The minimum atomic E-state index is -0.497. The van der Waals surface area contributed by atoms with Crippen molar-refractivity contribution in [3.05, 3.63) is 39.9 Å². The van der Waals surface area contributed by atoms with Gasteiger partial charge in [0.2, 0.25) is 0 Å². The van der Waals surface area contributed by atoms with Crippen molar-refractivity contribution < 1.29 is 14.5 Å². The molecule has 0 aliphatic carbocycles. The van der Waals surface area contributed by atoms with E-state index in [0.29, 0.717) is 18.2 Å². The van der Waals surface area contributed by atoms with Crippen LogP contribution in [0.2, 0.25) is 0 Å². The van der Waals surface area contributed by atoms with Crippen LogP contribution in [0.1, 0.15) is 62.7 Å². The van der Waals surface area contributed by atoms with Crippen molar-refractivity contribution >= 4 is 24.1 Å². The van der Waals surface area contributed by atoms with Crippen LogP contribution in [0, 0.1) is 10.1 Å². The van der Waals surface area contributed by atoms with Gasteiger partial charge in [0, 0.05) is 24.7 Å². The average Bonchev–Trinajstić information content (AvgIpc) is 2.58. The number of hydrogen-bond acceptors (Lipinski definition) is 5. The third-order valence-corrected chi connectivity index (χ3v) is 3.88. The molecule has 0 radical (unpaired) electrons. The standard InChI is InChI=1S/C18H28N2O4.ClH/c1-3-4-5-6-7-8-15(2)19-13-14-24-18(21)16-9-11-17(12-10-16)20(22)23;/h9-12,15,19H,3-8,13-14H2,1-2H3;1H. The van der Waals surface area contributed by atoms with E-state index in [1.165, 1.54) is 56.4 Å². The molecule has 1 rings (SSSR count). The molecule has 1 aromatic rings. The molecule has 7 heteroatoms. The van der Waals surface area contributed by atoms with Crippen LogP contribution < -0.4 is 5.32 Å². The van der Waals surface area contributed by atoms with E-state index in [0.717, 1.165) is 6.42 Å². The molecule has 142 valence electrons. The Morgan fingerprint density at radius 3 is 2.44 bits per heavy atom. The lowest BCUT2D eigenvalue weighted by Gasteiger charge is -2.13. The lowest BCUT2D eigenvalue weighted by molar-refractivity contribution is -0.384. The summed E-state index contributed by atoms with van der Waals surface area (Å²) in [6, 6.07) is 5.83. The summed E-state index contributed by atoms with van der Waals surface area (Å²) in [5.74, 6) is -0.459. The van der Waals surface area contributed by atoms with Gasteiger partial charge in [-0.15, -0.1) is 12.4 Å². The van der Waals surface area contributed by atoms with E-state index in [2.05, 4.69) is 19.2 Å². The lowest BCUT2D eigenvalue weighted by Crippen LogP contribution is -2.30. The number of nitro groups is 1. The summed E-state index contributed by atoms with van der Waals surface area (Å²) in [6.45, 7) is 5.24. The fourth-order valence-electron chi connectivity index (χ4n) is 2.41. The molecule has 0 amide bonds. The minimum absolute atomic E-state index is 0. The average molecular weight is 373 g/mol. The maximum absolute atomic E-state index is 11.8. The number of nitrogens with one attached hydrogen (secondary N) is 1. The molecule has 0 saturated heterocycles. The number of esters is 1. The molecular weight excluding hydrogens is 344 g/mol. The van der Waals surface area contributed by atoms with Crippen molar-refractivity contribution in [1.29, 1.82) is 0 Å². The van der Waals surface area contributed by atoms with Gasteiger partial charge in [0.05, 0.1) is 10.5 Å². The highest BCUT2D eigenvalue weighted by Gasteiger charge is 2.10. The van der Waals surface area contributed by atoms with Gasteiger partial charge in [0.1, 0.15) is 6.61 Å². The first-order chi connectivity index (χ1) is 11.5. The zero-order valence-electron chi connectivity index (χ0n) is 15.0. The van der Waals surface area contributed by atoms with Gasteiger partial charge < -0.3 is 10.1 Å². The molecule has 0 aliphatic heterocycles. The second-order valence-corrected chi connectivity index (χ2v) is 6.00. The highest BCUT2D eigenvalue weighted by atomic mass is 35.5. The normalized spacial score (nSPS) is 11.4. The minimum Gasteiger partial charge on any atom is -0.461 e. The van der Waals surface area contributed by atoms with Crippen LogP contribution in [-0.4, -0.2) is 30.1 Å². The highest BCUT2D eigenvalue weighted by molar-refractivity contribution is 5.89. The van der Waals surface area contributed by atoms with Gasteiger partial charge in [0.25, 0.3) is 5.69 Å². The number of nitro benzene ring substituents is 1. The van der Waals surface area contributed by atoms with Crippen molar-refractivity contribution in [2.75, 3.05) is 13.2 Å². The number of nitrogens with zero attached hydrogens (tertiary/aromatic N) is 1. The van der Waals surface area contributed by atoms with Crippen LogP contribution >= 0.6 is 12.4 Å². The molecule has 0 bridgehead atoms. The third kappa shape index (κ3) is 10.0. The Morgan fingerprint density at radius 1 is 1.20 bits per heavy atom. The van der Waals surface area contributed by atoms with Crippen LogP contribution in [-0.2, 0) is 4.74 Å². The van der Waals surface area contributed by atoms with Crippen molar-refractivity contribution in [2.24, 2.45) is 0 Å². The molecule has 0 spiro atoms.